The van der Waals surface area contributed by atoms with Crippen molar-refractivity contribution in [2.75, 3.05) is 6.61 Å². The first-order valence-electron chi connectivity index (χ1n) is 11.4. The maximum absolute atomic E-state index is 14.2. The molecule has 0 spiro atoms. The minimum Gasteiger partial charge on any atom is -0.503 e. The van der Waals surface area contributed by atoms with Crippen LogP contribution in [0.4, 0.5) is 8.78 Å². The van der Waals surface area contributed by atoms with Crippen molar-refractivity contribution in [2.45, 2.75) is 64.4 Å². The number of hydrogen-bond acceptors (Lipinski definition) is 5. The van der Waals surface area contributed by atoms with E-state index in [1.165, 1.54) is 10.8 Å². The molecule has 1 fully saturated rings. The molecule has 0 radical (unpaired) electrons. The smallest absolute Gasteiger partial charge is 0.277 e. The molecule has 2 aliphatic heterocycles. The van der Waals surface area contributed by atoms with Gasteiger partial charge >= 0.3 is 0 Å². The van der Waals surface area contributed by atoms with Gasteiger partial charge in [0.15, 0.2) is 17.2 Å². The van der Waals surface area contributed by atoms with Gasteiger partial charge in [0.1, 0.15) is 22.2 Å². The number of nitrogens with one attached hydrogen (secondary N) is 1. The van der Waals surface area contributed by atoms with Crippen molar-refractivity contribution < 1.29 is 28.2 Å². The molecule has 35 heavy (non-hydrogen) atoms. The first-order valence-corrected chi connectivity index (χ1v) is 11.8. The SMILES string of the molecule is CCC[C@@]12OCC[C@@H](C)N1C(=O)c1c(O)c(=O)c(C(=O)NCc3ccc(F)c(Cl)c3F)cn1[C@H]2C. The molecule has 1 saturated heterocycles. The van der Waals surface area contributed by atoms with Crippen LogP contribution in [0.3, 0.4) is 0 Å². The van der Waals surface area contributed by atoms with E-state index in [4.69, 9.17) is 16.3 Å². The number of fused-ring (bicyclic) bond motifs is 2. The molecule has 8 nitrogen and oxygen atoms in total. The van der Waals surface area contributed by atoms with Gasteiger partial charge < -0.3 is 24.6 Å². The van der Waals surface area contributed by atoms with Crippen LogP contribution in [0.25, 0.3) is 0 Å². The fourth-order valence-electron chi connectivity index (χ4n) is 5.03. The largest absolute Gasteiger partial charge is 0.503 e. The van der Waals surface area contributed by atoms with Crippen molar-refractivity contribution in [1.29, 1.82) is 0 Å². The molecule has 4 rings (SSSR count). The molecule has 3 atom stereocenters. The summed E-state index contributed by atoms with van der Waals surface area (Å²) < 4.78 is 35.2. The number of nitrogens with zero attached hydrogens (tertiary/aromatic N) is 2. The molecular formula is C24H26ClF2N3O5. The first-order chi connectivity index (χ1) is 16.5. The molecule has 11 heteroatoms. The molecule has 2 amide bonds. The van der Waals surface area contributed by atoms with Crippen LogP contribution in [0.5, 0.6) is 5.75 Å². The van der Waals surface area contributed by atoms with Crippen LogP contribution in [0.2, 0.25) is 5.02 Å². The third kappa shape index (κ3) is 3.88. The lowest BCUT2D eigenvalue weighted by atomic mass is 9.89. The van der Waals surface area contributed by atoms with Crippen molar-refractivity contribution in [1.82, 2.24) is 14.8 Å². The molecule has 0 aliphatic carbocycles. The van der Waals surface area contributed by atoms with Gasteiger partial charge in [0.2, 0.25) is 5.43 Å². The zero-order chi connectivity index (χ0) is 25.7. The number of carbonyl (C=O) groups is 2. The van der Waals surface area contributed by atoms with Gasteiger partial charge in [0.05, 0.1) is 12.6 Å². The number of ether oxygens (including phenoxy) is 1. The quantitative estimate of drug-likeness (QED) is 0.598. The molecule has 0 saturated carbocycles. The maximum Gasteiger partial charge on any atom is 0.277 e. The average molecular weight is 510 g/mol. The summed E-state index contributed by atoms with van der Waals surface area (Å²) in [4.78, 5) is 40.9. The van der Waals surface area contributed by atoms with Gasteiger partial charge in [-0.2, -0.15) is 0 Å². The third-order valence-corrected chi connectivity index (χ3v) is 7.19. The van der Waals surface area contributed by atoms with Crippen LogP contribution in [0, 0.1) is 11.6 Å². The topological polar surface area (TPSA) is 101 Å². The second-order valence-electron chi connectivity index (χ2n) is 8.93. The van der Waals surface area contributed by atoms with Crippen LogP contribution >= 0.6 is 11.6 Å². The highest BCUT2D eigenvalue weighted by Crippen LogP contribution is 2.45. The van der Waals surface area contributed by atoms with Crippen molar-refractivity contribution in [2.24, 2.45) is 0 Å². The standard InChI is InChI=1S/C24H26ClF2N3O5/c1-4-8-24-13(3)29-11-15(22(33)28-10-14-5-6-16(26)17(25)18(14)27)20(31)21(32)19(29)23(34)30(24)12(2)7-9-35-24/h5-6,11-13,32H,4,7-10H2,1-3H3,(H,28,33)/t12-,13+,24+/m1/s1. The van der Waals surface area contributed by atoms with Gasteiger partial charge in [0, 0.05) is 24.3 Å². The average Bonchev–Trinajstić information content (AvgIpc) is 2.82. The zero-order valence-electron chi connectivity index (χ0n) is 19.5. The van der Waals surface area contributed by atoms with Crippen LogP contribution < -0.4 is 10.7 Å². The number of amides is 2. The lowest BCUT2D eigenvalue weighted by Gasteiger charge is -2.56. The summed E-state index contributed by atoms with van der Waals surface area (Å²) in [7, 11) is 0. The Hall–Kier alpha value is -2.98. The summed E-state index contributed by atoms with van der Waals surface area (Å²) >= 11 is 5.58. The van der Waals surface area contributed by atoms with Gasteiger partial charge in [-0.3, -0.25) is 14.4 Å². The number of benzene rings is 1. The summed E-state index contributed by atoms with van der Waals surface area (Å²) in [5.41, 5.74) is -2.75. The van der Waals surface area contributed by atoms with Crippen molar-refractivity contribution in [3.63, 3.8) is 0 Å². The summed E-state index contributed by atoms with van der Waals surface area (Å²) in [5, 5.41) is 12.4. The molecule has 1 aromatic heterocycles. The van der Waals surface area contributed by atoms with Crippen LogP contribution in [-0.4, -0.2) is 44.8 Å². The van der Waals surface area contributed by atoms with E-state index in [2.05, 4.69) is 5.32 Å². The second kappa shape index (κ2) is 9.23. The van der Waals surface area contributed by atoms with Crippen LogP contribution in [0.15, 0.2) is 23.1 Å². The van der Waals surface area contributed by atoms with E-state index in [1.54, 1.807) is 11.8 Å². The van der Waals surface area contributed by atoms with E-state index < -0.39 is 57.0 Å². The zero-order valence-corrected chi connectivity index (χ0v) is 20.3. The molecule has 2 aliphatic rings. The molecule has 1 aromatic carbocycles. The number of aromatic hydroxyl groups is 1. The van der Waals surface area contributed by atoms with E-state index in [0.29, 0.717) is 25.9 Å². The Labute approximate surface area is 205 Å². The Balaban J connectivity index is 1.73. The number of pyridine rings is 1. The second-order valence-corrected chi connectivity index (χ2v) is 9.30. The highest BCUT2D eigenvalue weighted by molar-refractivity contribution is 6.30. The highest BCUT2D eigenvalue weighted by Gasteiger charge is 2.55. The van der Waals surface area contributed by atoms with Crippen molar-refractivity contribution in [3.05, 3.63) is 62.0 Å². The normalized spacial score (nSPS) is 23.6. The minimum absolute atomic E-state index is 0.0855. The van der Waals surface area contributed by atoms with Gasteiger partial charge in [-0.15, -0.1) is 0 Å². The summed E-state index contributed by atoms with van der Waals surface area (Å²) in [6.45, 7) is 5.72. The highest BCUT2D eigenvalue weighted by atomic mass is 35.5. The fourth-order valence-corrected chi connectivity index (χ4v) is 5.22. The van der Waals surface area contributed by atoms with Crippen LogP contribution in [-0.2, 0) is 11.3 Å². The summed E-state index contributed by atoms with van der Waals surface area (Å²) in [6.07, 6.45) is 3.06. The molecular weight excluding hydrogens is 484 g/mol. The Morgan fingerprint density at radius 3 is 2.71 bits per heavy atom. The molecule has 3 heterocycles. The summed E-state index contributed by atoms with van der Waals surface area (Å²) in [6, 6.07) is 1.39. The number of carbonyl (C=O) groups excluding carboxylic acids is 2. The first kappa shape index (κ1) is 25.1. The molecule has 0 unspecified atom stereocenters. The van der Waals surface area contributed by atoms with Gasteiger partial charge in [-0.1, -0.05) is 31.0 Å². The van der Waals surface area contributed by atoms with E-state index in [-0.39, 0.29) is 23.8 Å². The van der Waals surface area contributed by atoms with E-state index in [0.717, 1.165) is 12.1 Å². The van der Waals surface area contributed by atoms with Crippen molar-refractivity contribution in [3.8, 4) is 5.75 Å². The third-order valence-electron chi connectivity index (χ3n) is 6.85. The van der Waals surface area contributed by atoms with Gasteiger partial charge in [-0.25, -0.2) is 8.78 Å². The van der Waals surface area contributed by atoms with Gasteiger partial charge in [-0.05, 0) is 32.8 Å². The Bertz CT molecular complexity index is 1260. The van der Waals surface area contributed by atoms with Gasteiger partial charge in [0.25, 0.3) is 11.8 Å². The lowest BCUT2D eigenvalue weighted by molar-refractivity contribution is -0.215. The Morgan fingerprint density at radius 1 is 1.31 bits per heavy atom. The van der Waals surface area contributed by atoms with E-state index in [1.807, 2.05) is 13.8 Å². The predicted molar refractivity (Wildman–Crippen MR) is 123 cm³/mol. The number of hydrogen-bond donors (Lipinski definition) is 2. The Morgan fingerprint density at radius 2 is 2.03 bits per heavy atom. The van der Waals surface area contributed by atoms with E-state index >= 15 is 0 Å². The molecule has 0 bridgehead atoms. The number of aromatic nitrogens is 1. The van der Waals surface area contributed by atoms with Crippen molar-refractivity contribution >= 4 is 23.4 Å². The van der Waals surface area contributed by atoms with E-state index in [9.17, 15) is 28.3 Å². The summed E-state index contributed by atoms with van der Waals surface area (Å²) in [5.74, 6) is -4.25. The minimum atomic E-state index is -1.03. The fraction of sp³-hybridized carbons (Fsp3) is 0.458. The number of halogens is 3. The predicted octanol–water partition coefficient (Wildman–Crippen LogP) is 3.74. The lowest BCUT2D eigenvalue weighted by Crippen LogP contribution is -2.67. The molecule has 188 valence electrons. The molecule has 2 aromatic rings. The number of rotatable bonds is 5. The van der Waals surface area contributed by atoms with Crippen LogP contribution in [0.1, 0.15) is 72.5 Å². The monoisotopic (exact) mass is 509 g/mol. The Kier molecular flexibility index (Phi) is 6.63. The molecule has 2 N–H and O–H groups in total. The maximum atomic E-state index is 14.2.